The second-order valence-electron chi connectivity index (χ2n) is 3.75. The summed E-state index contributed by atoms with van der Waals surface area (Å²) in [5.74, 6) is -0.104. The van der Waals surface area contributed by atoms with Gasteiger partial charge in [-0.05, 0) is 18.2 Å². The number of hydrogen-bond donors (Lipinski definition) is 2. The van der Waals surface area contributed by atoms with Crippen molar-refractivity contribution in [1.82, 2.24) is 5.32 Å². The lowest BCUT2D eigenvalue weighted by Gasteiger charge is -2.08. The van der Waals surface area contributed by atoms with E-state index in [0.29, 0.717) is 17.0 Å². The topological polar surface area (TPSA) is 98.5 Å². The Kier molecular flexibility index (Phi) is 4.94. The van der Waals surface area contributed by atoms with E-state index >= 15 is 0 Å². The number of nitrogens with one attached hydrogen (secondary N) is 1. The molecule has 0 radical (unpaired) electrons. The first-order valence-electron chi connectivity index (χ1n) is 5.46. The maximum atomic E-state index is 11.7. The molecule has 0 bridgehead atoms. The van der Waals surface area contributed by atoms with Gasteiger partial charge in [0, 0.05) is 17.5 Å². The molecule has 6 nitrogen and oxygen atoms in total. The zero-order valence-corrected chi connectivity index (χ0v) is 11.4. The maximum Gasteiger partial charge on any atom is 0.251 e. The molecular formula is C12H16N2O4S. The summed E-state index contributed by atoms with van der Waals surface area (Å²) in [5.41, 5.74) is 6.36. The zero-order chi connectivity index (χ0) is 14.5. The van der Waals surface area contributed by atoms with Gasteiger partial charge in [-0.3, -0.25) is 4.79 Å². The highest BCUT2D eigenvalue weighted by atomic mass is 32.2. The van der Waals surface area contributed by atoms with E-state index in [4.69, 9.17) is 10.5 Å². The van der Waals surface area contributed by atoms with E-state index in [1.165, 1.54) is 13.2 Å². The van der Waals surface area contributed by atoms with Crippen LogP contribution in [0.4, 0.5) is 5.69 Å². The monoisotopic (exact) mass is 284 g/mol. The number of methoxy groups -OCH3 is 1. The number of nitrogens with two attached hydrogens (primary N) is 1. The number of amides is 1. The van der Waals surface area contributed by atoms with E-state index in [1.807, 2.05) is 0 Å². The quantitative estimate of drug-likeness (QED) is 0.744. The van der Waals surface area contributed by atoms with Crippen LogP contribution < -0.4 is 15.8 Å². The molecule has 19 heavy (non-hydrogen) atoms. The number of sulfone groups is 1. The average molecular weight is 284 g/mol. The minimum atomic E-state index is -3.31. The molecule has 1 aromatic carbocycles. The van der Waals surface area contributed by atoms with Gasteiger partial charge in [-0.25, -0.2) is 8.42 Å². The van der Waals surface area contributed by atoms with Gasteiger partial charge in [0.2, 0.25) is 0 Å². The number of nitrogen functional groups attached to an aromatic ring is 1. The van der Waals surface area contributed by atoms with E-state index < -0.39 is 15.7 Å². The number of benzene rings is 1. The molecule has 1 rings (SSSR count). The fourth-order valence-electron chi connectivity index (χ4n) is 1.37. The first kappa shape index (κ1) is 15.0. The first-order valence-corrected chi connectivity index (χ1v) is 7.18. The molecule has 0 saturated heterocycles. The van der Waals surface area contributed by atoms with Crippen molar-refractivity contribution in [2.75, 3.05) is 25.1 Å². The van der Waals surface area contributed by atoms with Gasteiger partial charge in [0.1, 0.15) is 5.75 Å². The van der Waals surface area contributed by atoms with Crippen molar-refractivity contribution < 1.29 is 17.9 Å². The number of hydrogen-bond acceptors (Lipinski definition) is 5. The van der Waals surface area contributed by atoms with Crippen LogP contribution in [0.2, 0.25) is 0 Å². The van der Waals surface area contributed by atoms with Crippen LogP contribution in [-0.4, -0.2) is 33.7 Å². The van der Waals surface area contributed by atoms with Gasteiger partial charge in [-0.15, -0.1) is 0 Å². The summed E-state index contributed by atoms with van der Waals surface area (Å²) < 4.78 is 27.3. The molecule has 0 saturated carbocycles. The average Bonchev–Trinajstić information content (AvgIpc) is 2.38. The van der Waals surface area contributed by atoms with E-state index in [2.05, 4.69) is 11.9 Å². The van der Waals surface area contributed by atoms with Crippen LogP contribution in [0.15, 0.2) is 30.2 Å². The van der Waals surface area contributed by atoms with Crippen molar-refractivity contribution in [3.8, 4) is 5.75 Å². The van der Waals surface area contributed by atoms with Crippen LogP contribution >= 0.6 is 0 Å². The van der Waals surface area contributed by atoms with E-state index in [1.54, 1.807) is 12.1 Å². The Balaban J connectivity index is 2.64. The summed E-state index contributed by atoms with van der Waals surface area (Å²) in [6.45, 7) is 3.20. The molecular weight excluding hydrogens is 268 g/mol. The van der Waals surface area contributed by atoms with E-state index in [0.717, 1.165) is 5.41 Å². The fourth-order valence-corrected chi connectivity index (χ4v) is 1.92. The van der Waals surface area contributed by atoms with Crippen molar-refractivity contribution in [2.45, 2.75) is 0 Å². The summed E-state index contributed by atoms with van der Waals surface area (Å²) in [6.07, 6.45) is 0. The molecule has 104 valence electrons. The van der Waals surface area contributed by atoms with Gasteiger partial charge >= 0.3 is 0 Å². The lowest BCUT2D eigenvalue weighted by atomic mass is 10.2. The van der Waals surface area contributed by atoms with Crippen LogP contribution in [0.3, 0.4) is 0 Å². The summed E-state index contributed by atoms with van der Waals surface area (Å²) in [6, 6.07) is 4.59. The van der Waals surface area contributed by atoms with Crippen molar-refractivity contribution in [1.29, 1.82) is 0 Å². The highest BCUT2D eigenvalue weighted by molar-refractivity contribution is 7.94. The molecule has 0 unspecified atom stereocenters. The number of anilines is 1. The molecule has 0 aliphatic heterocycles. The largest absolute Gasteiger partial charge is 0.495 e. The van der Waals surface area contributed by atoms with E-state index in [9.17, 15) is 13.2 Å². The summed E-state index contributed by atoms with van der Waals surface area (Å²) in [7, 11) is -1.83. The minimum absolute atomic E-state index is 0.0130. The predicted molar refractivity (Wildman–Crippen MR) is 73.7 cm³/mol. The third kappa shape index (κ3) is 4.29. The highest BCUT2D eigenvalue weighted by Crippen LogP contribution is 2.21. The molecule has 0 fully saturated rings. The van der Waals surface area contributed by atoms with Crippen molar-refractivity contribution in [3.05, 3.63) is 35.7 Å². The maximum absolute atomic E-state index is 11.7. The smallest absolute Gasteiger partial charge is 0.251 e. The van der Waals surface area contributed by atoms with Gasteiger partial charge in [0.25, 0.3) is 5.91 Å². The van der Waals surface area contributed by atoms with Crippen LogP contribution in [0.5, 0.6) is 5.75 Å². The van der Waals surface area contributed by atoms with Crippen LogP contribution in [0.1, 0.15) is 10.4 Å². The lowest BCUT2D eigenvalue weighted by molar-refractivity contribution is 0.0956. The Morgan fingerprint density at radius 3 is 2.74 bits per heavy atom. The Morgan fingerprint density at radius 1 is 1.53 bits per heavy atom. The second kappa shape index (κ2) is 6.24. The molecule has 7 heteroatoms. The van der Waals surface area contributed by atoms with Crippen LogP contribution in [0.25, 0.3) is 0 Å². The van der Waals surface area contributed by atoms with Gasteiger partial charge in [0.15, 0.2) is 9.84 Å². The minimum Gasteiger partial charge on any atom is -0.495 e. The molecule has 1 aromatic rings. The molecule has 0 aromatic heterocycles. The zero-order valence-electron chi connectivity index (χ0n) is 10.5. The van der Waals surface area contributed by atoms with Crippen molar-refractivity contribution >= 4 is 21.4 Å². The molecule has 0 heterocycles. The molecule has 0 aliphatic carbocycles. The van der Waals surface area contributed by atoms with Crippen molar-refractivity contribution in [3.63, 3.8) is 0 Å². The SMILES string of the molecule is C=CS(=O)(=O)CCNC(=O)c1ccc(OC)c(N)c1. The third-order valence-electron chi connectivity index (χ3n) is 2.42. The molecule has 0 atom stereocenters. The molecule has 3 N–H and O–H groups in total. The van der Waals surface area contributed by atoms with Crippen molar-refractivity contribution in [2.24, 2.45) is 0 Å². The molecule has 0 spiro atoms. The molecule has 0 aliphatic rings. The Morgan fingerprint density at radius 2 is 2.21 bits per heavy atom. The highest BCUT2D eigenvalue weighted by Gasteiger charge is 2.10. The predicted octanol–water partition coefficient (Wildman–Crippen LogP) is 0.566. The summed E-state index contributed by atoms with van der Waals surface area (Å²) >= 11 is 0. The van der Waals surface area contributed by atoms with Gasteiger partial charge in [-0.2, -0.15) is 0 Å². The number of carbonyl (C=O) groups excluding carboxylic acids is 1. The molecule has 1 amide bonds. The van der Waals surface area contributed by atoms with Crippen LogP contribution in [-0.2, 0) is 9.84 Å². The fraction of sp³-hybridized carbons (Fsp3) is 0.250. The van der Waals surface area contributed by atoms with Crippen LogP contribution in [0, 0.1) is 0 Å². The number of ether oxygens (including phenoxy) is 1. The first-order chi connectivity index (χ1) is 8.89. The van der Waals surface area contributed by atoms with E-state index in [-0.39, 0.29) is 12.3 Å². The number of rotatable bonds is 6. The second-order valence-corrected chi connectivity index (χ2v) is 5.81. The van der Waals surface area contributed by atoms with Gasteiger partial charge < -0.3 is 15.8 Å². The summed E-state index contributed by atoms with van der Waals surface area (Å²) in [5, 5.41) is 3.36. The third-order valence-corrected chi connectivity index (χ3v) is 3.70. The van der Waals surface area contributed by atoms with Gasteiger partial charge in [-0.1, -0.05) is 6.58 Å². The Labute approximate surface area is 112 Å². The number of carbonyl (C=O) groups is 1. The Hall–Kier alpha value is -2.02. The van der Waals surface area contributed by atoms with Gasteiger partial charge in [0.05, 0.1) is 18.6 Å². The lowest BCUT2D eigenvalue weighted by Crippen LogP contribution is -2.28. The summed E-state index contributed by atoms with van der Waals surface area (Å²) in [4.78, 5) is 11.7. The normalized spacial score (nSPS) is 10.8. The standard InChI is InChI=1S/C12H16N2O4S/c1-3-19(16,17)7-6-14-12(15)9-4-5-11(18-2)10(13)8-9/h3-5,8H,1,6-7,13H2,2H3,(H,14,15). The Bertz CT molecular complexity index is 581.